The smallest absolute Gasteiger partial charge is 0.338 e. The van der Waals surface area contributed by atoms with E-state index in [1.807, 2.05) is 41.0 Å². The van der Waals surface area contributed by atoms with E-state index in [1.54, 1.807) is 30.6 Å². The molecular formula is C46H73N5O8Si3. The van der Waals surface area contributed by atoms with Gasteiger partial charge < -0.3 is 37.9 Å². The molecule has 0 saturated carbocycles. The van der Waals surface area contributed by atoms with Gasteiger partial charge in [0.1, 0.15) is 37.4 Å². The number of aliphatic hydroxyl groups is 1. The SMILES string of the molecule is CC(C)(C)[Si](C)(C)OC[C@H]1O[C@@H](n2cnc3c(N[C@H](COCc4ccccc4)[C@H](O)COC(=O)c4ccccc4)ncnc32)[C@H](O[Si](C)(C)C(C)(C)C)[C@@H]1O[Si](C)(C)C(C)(C)C. The monoisotopic (exact) mass is 907 g/mol. The lowest BCUT2D eigenvalue weighted by atomic mass is 10.1. The molecule has 0 radical (unpaired) electrons. The van der Waals surface area contributed by atoms with Crippen molar-refractivity contribution in [1.29, 1.82) is 0 Å². The van der Waals surface area contributed by atoms with Gasteiger partial charge in [-0.2, -0.15) is 0 Å². The molecule has 1 aliphatic rings. The molecule has 1 aliphatic heterocycles. The molecule has 0 unspecified atom stereocenters. The van der Waals surface area contributed by atoms with E-state index < -0.39 is 67.6 Å². The maximum Gasteiger partial charge on any atom is 0.338 e. The summed E-state index contributed by atoms with van der Waals surface area (Å²) in [6.07, 6.45) is -0.0224. The summed E-state index contributed by atoms with van der Waals surface area (Å²) in [6.45, 7) is 34.2. The Morgan fingerprint density at radius 1 is 0.774 bits per heavy atom. The summed E-state index contributed by atoms with van der Waals surface area (Å²) in [5, 5.41) is 14.7. The maximum absolute atomic E-state index is 12.9. The van der Waals surface area contributed by atoms with Crippen molar-refractivity contribution in [2.75, 3.05) is 25.1 Å². The lowest BCUT2D eigenvalue weighted by Gasteiger charge is -2.44. The number of carbonyl (C=O) groups excluding carboxylic acids is 1. The van der Waals surface area contributed by atoms with Gasteiger partial charge >= 0.3 is 5.97 Å². The van der Waals surface area contributed by atoms with Gasteiger partial charge in [0.25, 0.3) is 0 Å². The maximum atomic E-state index is 12.9. The molecule has 5 rings (SSSR count). The number of aromatic nitrogens is 4. The minimum atomic E-state index is -2.43. The van der Waals surface area contributed by atoms with Gasteiger partial charge in [-0.05, 0) is 72.1 Å². The summed E-state index contributed by atoms with van der Waals surface area (Å²) in [7, 11) is -6.99. The van der Waals surface area contributed by atoms with Gasteiger partial charge in [0.2, 0.25) is 0 Å². The molecule has 3 heterocycles. The Bertz CT molecular complexity index is 2070. The van der Waals surface area contributed by atoms with Crippen LogP contribution >= 0.6 is 0 Å². The zero-order chi connectivity index (χ0) is 45.9. The van der Waals surface area contributed by atoms with Crippen molar-refractivity contribution in [1.82, 2.24) is 19.5 Å². The first-order valence-corrected chi connectivity index (χ1v) is 30.6. The molecule has 13 nitrogen and oxygen atoms in total. The Hall–Kier alpha value is -3.33. The fourth-order valence-electron chi connectivity index (χ4n) is 6.26. The molecule has 0 spiro atoms. The second-order valence-electron chi connectivity index (χ2n) is 21.2. The first kappa shape index (κ1) is 49.7. The third kappa shape index (κ3) is 11.9. The van der Waals surface area contributed by atoms with Crippen LogP contribution in [0.15, 0.2) is 73.3 Å². The zero-order valence-corrected chi connectivity index (χ0v) is 42.8. The predicted molar refractivity (Wildman–Crippen MR) is 253 cm³/mol. The minimum absolute atomic E-state index is 0.000271. The topological polar surface area (TPSA) is 148 Å². The molecule has 62 heavy (non-hydrogen) atoms. The van der Waals surface area contributed by atoms with E-state index in [-0.39, 0.29) is 28.3 Å². The van der Waals surface area contributed by atoms with Gasteiger partial charge in [0.15, 0.2) is 48.2 Å². The molecule has 2 N–H and O–H groups in total. The number of aliphatic hydroxyl groups excluding tert-OH is 1. The number of nitrogens with one attached hydrogen (secondary N) is 1. The van der Waals surface area contributed by atoms with Gasteiger partial charge in [-0.15, -0.1) is 0 Å². The number of hydrogen-bond acceptors (Lipinski definition) is 12. The number of rotatable bonds is 18. The fourth-order valence-corrected chi connectivity index (χ4v) is 9.87. The molecule has 0 bridgehead atoms. The number of hydrogen-bond donors (Lipinski definition) is 2. The molecule has 342 valence electrons. The molecule has 0 aliphatic carbocycles. The van der Waals surface area contributed by atoms with E-state index in [9.17, 15) is 9.90 Å². The Labute approximate surface area is 373 Å². The lowest BCUT2D eigenvalue weighted by molar-refractivity contribution is -0.0470. The number of carbonyl (C=O) groups is 1. The average Bonchev–Trinajstić information content (AvgIpc) is 3.76. The molecule has 4 aromatic rings. The van der Waals surface area contributed by atoms with Gasteiger partial charge in [0, 0.05) is 0 Å². The van der Waals surface area contributed by atoms with E-state index in [2.05, 4.69) is 112 Å². The fraction of sp³-hybridized carbons (Fsp3) is 0.609. The quantitative estimate of drug-likeness (QED) is 0.0724. The normalized spacial score (nSPS) is 20.3. The highest BCUT2D eigenvalue weighted by molar-refractivity contribution is 6.75. The highest BCUT2D eigenvalue weighted by atomic mass is 28.4. The van der Waals surface area contributed by atoms with Crippen molar-refractivity contribution in [2.24, 2.45) is 0 Å². The van der Waals surface area contributed by atoms with Crippen LogP contribution in [0, 0.1) is 0 Å². The largest absolute Gasteiger partial charge is 0.459 e. The van der Waals surface area contributed by atoms with Crippen LogP contribution in [0.5, 0.6) is 0 Å². The summed E-state index contributed by atoms with van der Waals surface area (Å²) in [5.41, 5.74) is 2.35. The summed E-state index contributed by atoms with van der Waals surface area (Å²) < 4.78 is 42.4. The second-order valence-corrected chi connectivity index (χ2v) is 35.5. The van der Waals surface area contributed by atoms with Crippen LogP contribution in [0.25, 0.3) is 11.2 Å². The van der Waals surface area contributed by atoms with Crippen LogP contribution in [0.2, 0.25) is 54.4 Å². The van der Waals surface area contributed by atoms with E-state index in [4.69, 9.17) is 37.5 Å². The van der Waals surface area contributed by atoms with Crippen LogP contribution in [-0.4, -0.2) is 106 Å². The molecule has 1 saturated heterocycles. The van der Waals surface area contributed by atoms with Gasteiger partial charge in [-0.1, -0.05) is 111 Å². The first-order chi connectivity index (χ1) is 28.7. The first-order valence-electron chi connectivity index (χ1n) is 21.8. The van der Waals surface area contributed by atoms with Crippen LogP contribution in [0.1, 0.15) is 84.5 Å². The molecule has 2 aromatic carbocycles. The standard InChI is InChI=1S/C46H73N5O8Si3/c1-44(2,3)60(10,11)56-29-36-38(58-61(12,13)45(4,5)6)39(59-62(14,15)46(7,8)9)42(57-36)51-31-49-37-40(47-30-48-41(37)51)50-34(27-54-26-32-22-18-16-19-23-32)35(52)28-55-43(53)33-24-20-17-21-25-33/h16-25,30-31,34-36,38-39,42,52H,26-29H2,1-15H3,(H,47,48,50)/t34-,35-,36-,38-,39-,42-/m1/s1. The summed E-state index contributed by atoms with van der Waals surface area (Å²) in [5.74, 6) is -0.158. The zero-order valence-electron chi connectivity index (χ0n) is 39.8. The third-order valence-corrected chi connectivity index (χ3v) is 26.8. The van der Waals surface area contributed by atoms with Crippen molar-refractivity contribution in [2.45, 2.75) is 160 Å². The number of benzene rings is 2. The number of esters is 1. The Kier molecular flexibility index (Phi) is 15.6. The third-order valence-electron chi connectivity index (χ3n) is 13.4. The van der Waals surface area contributed by atoms with Crippen LogP contribution < -0.4 is 5.32 Å². The highest BCUT2D eigenvalue weighted by Crippen LogP contribution is 2.47. The van der Waals surface area contributed by atoms with Crippen molar-refractivity contribution < 1.29 is 37.4 Å². The van der Waals surface area contributed by atoms with Crippen LogP contribution in [-0.2, 0) is 34.1 Å². The van der Waals surface area contributed by atoms with Gasteiger partial charge in [-0.25, -0.2) is 19.7 Å². The van der Waals surface area contributed by atoms with Crippen molar-refractivity contribution in [3.05, 3.63) is 84.4 Å². The number of anilines is 1. The van der Waals surface area contributed by atoms with Crippen molar-refractivity contribution in [3.8, 4) is 0 Å². The Morgan fingerprint density at radius 3 is 1.92 bits per heavy atom. The molecule has 0 amide bonds. The number of nitrogens with zero attached hydrogens (tertiary/aromatic N) is 4. The lowest BCUT2D eigenvalue weighted by Crippen LogP contribution is -2.54. The van der Waals surface area contributed by atoms with E-state index in [0.717, 1.165) is 5.56 Å². The van der Waals surface area contributed by atoms with Crippen LogP contribution in [0.4, 0.5) is 5.82 Å². The number of fused-ring (bicyclic) bond motifs is 1. The van der Waals surface area contributed by atoms with E-state index >= 15 is 0 Å². The van der Waals surface area contributed by atoms with E-state index in [0.29, 0.717) is 35.8 Å². The summed E-state index contributed by atoms with van der Waals surface area (Å²) in [6, 6.07) is 17.7. The van der Waals surface area contributed by atoms with Gasteiger partial charge in [0.05, 0.1) is 37.8 Å². The minimum Gasteiger partial charge on any atom is -0.459 e. The second kappa shape index (κ2) is 19.4. The molecule has 1 fully saturated rings. The molecule has 16 heteroatoms. The molecule has 6 atom stereocenters. The summed E-state index contributed by atoms with van der Waals surface area (Å²) >= 11 is 0. The van der Waals surface area contributed by atoms with Gasteiger partial charge in [-0.3, -0.25) is 4.57 Å². The Morgan fingerprint density at radius 2 is 1.34 bits per heavy atom. The molecular weight excluding hydrogens is 835 g/mol. The van der Waals surface area contributed by atoms with Crippen molar-refractivity contribution >= 4 is 47.9 Å². The Balaban J connectivity index is 1.51. The predicted octanol–water partition coefficient (Wildman–Crippen LogP) is 9.74. The summed E-state index contributed by atoms with van der Waals surface area (Å²) in [4.78, 5) is 27.1. The molecule has 2 aromatic heterocycles. The van der Waals surface area contributed by atoms with Crippen molar-refractivity contribution in [3.63, 3.8) is 0 Å². The average molecular weight is 908 g/mol. The number of imidazole rings is 1. The highest BCUT2D eigenvalue weighted by Gasteiger charge is 2.55. The van der Waals surface area contributed by atoms with E-state index in [1.165, 1.54) is 6.33 Å². The van der Waals surface area contributed by atoms with Crippen LogP contribution in [0.3, 0.4) is 0 Å². The number of ether oxygens (including phenoxy) is 3.